The van der Waals surface area contributed by atoms with Gasteiger partial charge in [-0.3, -0.25) is 9.59 Å². The van der Waals surface area contributed by atoms with Gasteiger partial charge in [0.15, 0.2) is 0 Å². The molecule has 1 heterocycles. The van der Waals surface area contributed by atoms with E-state index in [2.05, 4.69) is 5.43 Å². The molecule has 2 amide bonds. The van der Waals surface area contributed by atoms with E-state index >= 15 is 0 Å². The second-order valence-corrected chi connectivity index (χ2v) is 8.00. The van der Waals surface area contributed by atoms with Crippen molar-refractivity contribution in [3.05, 3.63) is 30.3 Å². The van der Waals surface area contributed by atoms with Crippen molar-refractivity contribution in [2.75, 3.05) is 24.7 Å². The zero-order valence-corrected chi connectivity index (χ0v) is 17.8. The van der Waals surface area contributed by atoms with Gasteiger partial charge in [0.25, 0.3) is 0 Å². The van der Waals surface area contributed by atoms with Gasteiger partial charge in [-0.25, -0.2) is 15.2 Å². The molecule has 2 rings (SSSR count). The fraction of sp³-hybridized carbons (Fsp3) is 0.571. The molecule has 0 aromatic heterocycles. The predicted octanol–water partition coefficient (Wildman–Crippen LogP) is 2.73. The van der Waals surface area contributed by atoms with Crippen molar-refractivity contribution < 1.29 is 23.9 Å². The minimum atomic E-state index is -0.623. The summed E-state index contributed by atoms with van der Waals surface area (Å²) in [6.45, 7) is 9.39. The van der Waals surface area contributed by atoms with Crippen LogP contribution in [-0.2, 0) is 19.1 Å². The number of rotatable bonds is 5. The standard InChI is InChI=1S/C21H31N3O5/c1-6-28-19(26)17-14-23(20(27)29-21(3,4)5)13-12-18(17)22-24(15(2)25)16-10-8-7-9-11-16/h7-11,17-18,22H,6,12-14H2,1-5H3/t17-,18+/m0/s1. The Morgan fingerprint density at radius 2 is 1.86 bits per heavy atom. The number of carbonyl (C=O) groups is 3. The number of anilines is 1. The van der Waals surface area contributed by atoms with Gasteiger partial charge < -0.3 is 14.4 Å². The third-order valence-electron chi connectivity index (χ3n) is 4.48. The lowest BCUT2D eigenvalue weighted by molar-refractivity contribution is -0.151. The Morgan fingerprint density at radius 3 is 2.41 bits per heavy atom. The van der Waals surface area contributed by atoms with Gasteiger partial charge in [-0.05, 0) is 46.2 Å². The largest absolute Gasteiger partial charge is 0.466 e. The van der Waals surface area contributed by atoms with Crippen molar-refractivity contribution in [1.29, 1.82) is 0 Å². The Labute approximate surface area is 172 Å². The molecule has 1 N–H and O–H groups in total. The fourth-order valence-corrected chi connectivity index (χ4v) is 3.18. The highest BCUT2D eigenvalue weighted by atomic mass is 16.6. The van der Waals surface area contributed by atoms with Crippen LogP contribution in [0.3, 0.4) is 0 Å². The van der Waals surface area contributed by atoms with Gasteiger partial charge in [-0.1, -0.05) is 18.2 Å². The lowest BCUT2D eigenvalue weighted by atomic mass is 9.92. The molecule has 0 bridgehead atoms. The van der Waals surface area contributed by atoms with Crippen molar-refractivity contribution in [1.82, 2.24) is 10.3 Å². The number of hydrazine groups is 1. The van der Waals surface area contributed by atoms with E-state index in [9.17, 15) is 14.4 Å². The molecule has 1 fully saturated rings. The minimum absolute atomic E-state index is 0.159. The molecule has 0 aliphatic carbocycles. The first-order chi connectivity index (χ1) is 13.6. The molecule has 1 aliphatic heterocycles. The molecule has 2 atom stereocenters. The number of hydrogen-bond acceptors (Lipinski definition) is 6. The summed E-state index contributed by atoms with van der Waals surface area (Å²) in [7, 11) is 0. The van der Waals surface area contributed by atoms with Crippen molar-refractivity contribution >= 4 is 23.7 Å². The molecular formula is C21H31N3O5. The zero-order valence-electron chi connectivity index (χ0n) is 17.8. The highest BCUT2D eigenvalue weighted by Crippen LogP contribution is 2.23. The monoisotopic (exact) mass is 405 g/mol. The lowest BCUT2D eigenvalue weighted by Crippen LogP contribution is -2.59. The molecule has 160 valence electrons. The second kappa shape index (κ2) is 9.73. The summed E-state index contributed by atoms with van der Waals surface area (Å²) < 4.78 is 10.7. The Bertz CT molecular complexity index is 717. The summed E-state index contributed by atoms with van der Waals surface area (Å²) >= 11 is 0. The van der Waals surface area contributed by atoms with E-state index in [-0.39, 0.29) is 25.1 Å². The SMILES string of the molecule is CCOC(=O)[C@H]1CN(C(=O)OC(C)(C)C)CC[C@H]1NN(C(C)=O)c1ccccc1. The average Bonchev–Trinajstić information content (AvgIpc) is 2.65. The third kappa shape index (κ3) is 6.45. The van der Waals surface area contributed by atoms with Crippen LogP contribution in [0.15, 0.2) is 30.3 Å². The average molecular weight is 405 g/mol. The van der Waals surface area contributed by atoms with Crippen LogP contribution in [0.25, 0.3) is 0 Å². The molecule has 0 spiro atoms. The Kier molecular flexibility index (Phi) is 7.61. The molecule has 0 unspecified atom stereocenters. The summed E-state index contributed by atoms with van der Waals surface area (Å²) in [5.74, 6) is -1.23. The van der Waals surface area contributed by atoms with Crippen LogP contribution in [0.4, 0.5) is 10.5 Å². The first-order valence-electron chi connectivity index (χ1n) is 9.89. The summed E-state index contributed by atoms with van der Waals surface area (Å²) in [6, 6.07) is 8.79. The topological polar surface area (TPSA) is 88.2 Å². The van der Waals surface area contributed by atoms with Crippen LogP contribution in [0.1, 0.15) is 41.0 Å². The Balaban J connectivity index is 2.18. The number of likely N-dealkylation sites (tertiary alicyclic amines) is 1. The van der Waals surface area contributed by atoms with Crippen molar-refractivity contribution in [3.8, 4) is 0 Å². The Morgan fingerprint density at radius 1 is 1.21 bits per heavy atom. The van der Waals surface area contributed by atoms with Crippen molar-refractivity contribution in [3.63, 3.8) is 0 Å². The third-order valence-corrected chi connectivity index (χ3v) is 4.48. The van der Waals surface area contributed by atoms with Crippen LogP contribution in [-0.4, -0.2) is 54.2 Å². The highest BCUT2D eigenvalue weighted by molar-refractivity contribution is 5.90. The van der Waals surface area contributed by atoms with Gasteiger partial charge in [-0.2, -0.15) is 0 Å². The first-order valence-corrected chi connectivity index (χ1v) is 9.89. The highest BCUT2D eigenvalue weighted by Gasteiger charge is 2.39. The van der Waals surface area contributed by atoms with Gasteiger partial charge in [0.2, 0.25) is 5.91 Å². The molecule has 29 heavy (non-hydrogen) atoms. The maximum Gasteiger partial charge on any atom is 0.410 e. The molecule has 1 aliphatic rings. The van der Waals surface area contributed by atoms with Gasteiger partial charge in [0.05, 0.1) is 18.2 Å². The van der Waals surface area contributed by atoms with Crippen molar-refractivity contribution in [2.24, 2.45) is 5.92 Å². The summed E-state index contributed by atoms with van der Waals surface area (Å²) in [6.07, 6.45) is 0.0102. The number of nitrogens with one attached hydrogen (secondary N) is 1. The quantitative estimate of drug-likeness (QED) is 0.599. The molecule has 0 radical (unpaired) electrons. The number of esters is 1. The van der Waals surface area contributed by atoms with E-state index in [1.165, 1.54) is 16.8 Å². The van der Waals surface area contributed by atoms with E-state index in [1.54, 1.807) is 27.7 Å². The first kappa shape index (κ1) is 22.7. The maximum absolute atomic E-state index is 12.6. The summed E-state index contributed by atoms with van der Waals surface area (Å²) in [5, 5.41) is 1.43. The number of piperidine rings is 1. The number of hydrogen-bond donors (Lipinski definition) is 1. The van der Waals surface area contributed by atoms with Crippen LogP contribution in [0, 0.1) is 5.92 Å². The van der Waals surface area contributed by atoms with Gasteiger partial charge >= 0.3 is 12.1 Å². The number of carbonyl (C=O) groups excluding carboxylic acids is 3. The van der Waals surface area contributed by atoms with Crippen LogP contribution >= 0.6 is 0 Å². The number of benzene rings is 1. The fourth-order valence-electron chi connectivity index (χ4n) is 3.18. The predicted molar refractivity (Wildman–Crippen MR) is 109 cm³/mol. The molecule has 1 aromatic carbocycles. The smallest absolute Gasteiger partial charge is 0.410 e. The Hall–Kier alpha value is -2.61. The van der Waals surface area contributed by atoms with Crippen LogP contribution in [0.5, 0.6) is 0 Å². The van der Waals surface area contributed by atoms with E-state index in [0.29, 0.717) is 18.7 Å². The molecule has 8 nitrogen and oxygen atoms in total. The van der Waals surface area contributed by atoms with Crippen LogP contribution in [0.2, 0.25) is 0 Å². The number of nitrogens with zero attached hydrogens (tertiary/aromatic N) is 2. The van der Waals surface area contributed by atoms with Crippen LogP contribution < -0.4 is 10.4 Å². The van der Waals surface area contributed by atoms with Crippen molar-refractivity contribution in [2.45, 2.75) is 52.7 Å². The lowest BCUT2D eigenvalue weighted by Gasteiger charge is -2.40. The zero-order chi connectivity index (χ0) is 21.6. The molecule has 8 heteroatoms. The second-order valence-electron chi connectivity index (χ2n) is 8.00. The van der Waals surface area contributed by atoms with Gasteiger partial charge in [-0.15, -0.1) is 0 Å². The minimum Gasteiger partial charge on any atom is -0.466 e. The molecule has 1 aromatic rings. The normalized spacial score (nSPS) is 19.4. The number of ether oxygens (including phenoxy) is 2. The summed E-state index contributed by atoms with van der Waals surface area (Å²) in [5.41, 5.74) is 3.23. The summed E-state index contributed by atoms with van der Waals surface area (Å²) in [4.78, 5) is 38.8. The maximum atomic E-state index is 12.6. The molecule has 1 saturated heterocycles. The number of para-hydroxylation sites is 1. The van der Waals surface area contributed by atoms with E-state index in [4.69, 9.17) is 9.47 Å². The molecular weight excluding hydrogens is 374 g/mol. The van der Waals surface area contributed by atoms with Gasteiger partial charge in [0.1, 0.15) is 5.60 Å². The van der Waals surface area contributed by atoms with E-state index in [0.717, 1.165) is 0 Å². The van der Waals surface area contributed by atoms with E-state index < -0.39 is 23.6 Å². The van der Waals surface area contributed by atoms with Gasteiger partial charge in [0, 0.05) is 26.1 Å². The number of amides is 2. The molecule has 0 saturated carbocycles. The van der Waals surface area contributed by atoms with E-state index in [1.807, 2.05) is 30.3 Å².